The number of rotatable bonds is 32. The quantitative estimate of drug-likeness (QED) is 0.0390. The fourth-order valence-electron chi connectivity index (χ4n) is 4.67. The van der Waals surface area contributed by atoms with E-state index in [0.29, 0.717) is 6.42 Å². The summed E-state index contributed by atoms with van der Waals surface area (Å²) in [5, 5.41) is 12.5. The summed E-state index contributed by atoms with van der Waals surface area (Å²) in [5.41, 5.74) is 0. The molecule has 0 saturated carbocycles. The van der Waals surface area contributed by atoms with E-state index in [1.165, 1.54) is 96.3 Å². The van der Waals surface area contributed by atoms with Crippen molar-refractivity contribution in [3.05, 3.63) is 0 Å². The number of amides is 1. The highest BCUT2D eigenvalue weighted by molar-refractivity contribution is 7.47. The van der Waals surface area contributed by atoms with Gasteiger partial charge in [0.2, 0.25) is 5.91 Å². The zero-order chi connectivity index (χ0) is 31.2. The lowest BCUT2D eigenvalue weighted by Crippen LogP contribution is -2.27. The average Bonchev–Trinajstić information content (AvgIpc) is 2.97. The molecule has 9 nitrogen and oxygen atoms in total. The van der Waals surface area contributed by atoms with Crippen molar-refractivity contribution in [3.8, 4) is 0 Å². The van der Waals surface area contributed by atoms with Crippen molar-refractivity contribution in [2.45, 2.75) is 168 Å². The number of aliphatic hydroxyl groups excluding tert-OH is 1. The molecule has 250 valence electrons. The molecular formula is C32H64NO8P. The molecule has 2 unspecified atom stereocenters. The first-order chi connectivity index (χ1) is 20.3. The molecule has 42 heavy (non-hydrogen) atoms. The number of phosphoric ester groups is 1. The number of hydrogen-bond acceptors (Lipinski definition) is 7. The van der Waals surface area contributed by atoms with Crippen molar-refractivity contribution in [2.24, 2.45) is 0 Å². The number of nitrogens with one attached hydrogen (secondary N) is 1. The van der Waals surface area contributed by atoms with E-state index in [2.05, 4.69) is 19.2 Å². The van der Waals surface area contributed by atoms with Gasteiger partial charge in [-0.2, -0.15) is 0 Å². The summed E-state index contributed by atoms with van der Waals surface area (Å²) < 4.78 is 26.4. The Morgan fingerprint density at radius 3 is 1.57 bits per heavy atom. The summed E-state index contributed by atoms with van der Waals surface area (Å²) >= 11 is 0. The van der Waals surface area contributed by atoms with E-state index in [1.54, 1.807) is 0 Å². The molecule has 0 aromatic heterocycles. The molecule has 0 rings (SSSR count). The molecule has 1 amide bonds. The Bertz CT molecular complexity index is 679. The molecule has 0 radical (unpaired) electrons. The van der Waals surface area contributed by atoms with Gasteiger partial charge in [0.05, 0.1) is 13.2 Å². The van der Waals surface area contributed by atoms with Gasteiger partial charge < -0.3 is 20.1 Å². The van der Waals surface area contributed by atoms with Crippen LogP contribution in [-0.4, -0.2) is 54.3 Å². The lowest BCUT2D eigenvalue weighted by Gasteiger charge is -2.15. The van der Waals surface area contributed by atoms with Crippen molar-refractivity contribution in [1.29, 1.82) is 0 Å². The van der Waals surface area contributed by atoms with Gasteiger partial charge in [0.15, 0.2) is 0 Å². The Balaban J connectivity index is 3.52. The van der Waals surface area contributed by atoms with Crippen LogP contribution in [0.4, 0.5) is 0 Å². The van der Waals surface area contributed by atoms with Crippen molar-refractivity contribution < 1.29 is 37.9 Å². The number of ether oxygens (including phenoxy) is 1. The fraction of sp³-hybridized carbons (Fsp3) is 0.938. The van der Waals surface area contributed by atoms with E-state index in [4.69, 9.17) is 13.8 Å². The number of unbranched alkanes of at least 4 members (excludes halogenated alkanes) is 19. The largest absolute Gasteiger partial charge is 0.472 e. The van der Waals surface area contributed by atoms with Crippen LogP contribution >= 0.6 is 7.82 Å². The second kappa shape index (κ2) is 30.1. The average molecular weight is 622 g/mol. The van der Waals surface area contributed by atoms with Crippen LogP contribution in [0.25, 0.3) is 0 Å². The van der Waals surface area contributed by atoms with Gasteiger partial charge in [0.1, 0.15) is 12.7 Å². The smallest absolute Gasteiger partial charge is 0.463 e. The summed E-state index contributed by atoms with van der Waals surface area (Å²) in [7, 11) is -4.38. The maximum Gasteiger partial charge on any atom is 0.472 e. The minimum absolute atomic E-state index is 0.0818. The Morgan fingerprint density at radius 2 is 1.07 bits per heavy atom. The topological polar surface area (TPSA) is 131 Å². The fourth-order valence-corrected chi connectivity index (χ4v) is 5.43. The molecule has 0 bridgehead atoms. The molecule has 0 aromatic carbocycles. The van der Waals surface area contributed by atoms with Crippen LogP contribution in [0.2, 0.25) is 0 Å². The van der Waals surface area contributed by atoms with E-state index in [0.717, 1.165) is 38.5 Å². The van der Waals surface area contributed by atoms with E-state index < -0.39 is 26.5 Å². The van der Waals surface area contributed by atoms with Gasteiger partial charge in [0.25, 0.3) is 0 Å². The zero-order valence-corrected chi connectivity index (χ0v) is 27.9. The lowest BCUT2D eigenvalue weighted by molar-refractivity contribution is -0.147. The van der Waals surface area contributed by atoms with Crippen LogP contribution in [0.15, 0.2) is 0 Å². The van der Waals surface area contributed by atoms with Crippen LogP contribution in [0.3, 0.4) is 0 Å². The standard InChI is InChI=1S/C32H64NO8P/c1-3-5-7-8-9-10-11-12-13-14-15-16-17-18-19-20-21-23-25-32(36)39-28-30(34)29-41-42(37,38)40-27-26-33-31(35)24-22-6-4-2/h30,34H,3-29H2,1-2H3,(H,33,35)(H,37,38). The third-order valence-corrected chi connectivity index (χ3v) is 8.27. The summed E-state index contributed by atoms with van der Waals surface area (Å²) in [6, 6.07) is 0. The number of esters is 1. The predicted molar refractivity (Wildman–Crippen MR) is 169 cm³/mol. The molecule has 0 spiro atoms. The van der Waals surface area contributed by atoms with E-state index in [-0.39, 0.29) is 32.1 Å². The molecule has 0 aliphatic carbocycles. The van der Waals surface area contributed by atoms with Crippen LogP contribution in [-0.2, 0) is 27.9 Å². The summed E-state index contributed by atoms with van der Waals surface area (Å²) in [6.07, 6.45) is 25.4. The first-order valence-electron chi connectivity index (χ1n) is 17.0. The lowest BCUT2D eigenvalue weighted by atomic mass is 10.0. The Kier molecular flexibility index (Phi) is 29.3. The highest BCUT2D eigenvalue weighted by Gasteiger charge is 2.23. The number of carbonyl (C=O) groups is 2. The first-order valence-corrected chi connectivity index (χ1v) is 18.5. The van der Waals surface area contributed by atoms with Crippen LogP contribution in [0.1, 0.15) is 162 Å². The van der Waals surface area contributed by atoms with E-state index in [1.807, 2.05) is 0 Å². The van der Waals surface area contributed by atoms with Gasteiger partial charge in [-0.1, -0.05) is 136 Å². The Labute approximate surface area is 256 Å². The molecule has 0 fully saturated rings. The molecule has 0 aliphatic heterocycles. The molecule has 0 saturated heterocycles. The highest BCUT2D eigenvalue weighted by atomic mass is 31.2. The number of carbonyl (C=O) groups excluding carboxylic acids is 2. The van der Waals surface area contributed by atoms with Gasteiger partial charge in [-0.05, 0) is 12.8 Å². The van der Waals surface area contributed by atoms with Crippen LogP contribution in [0, 0.1) is 0 Å². The second-order valence-corrected chi connectivity index (χ2v) is 13.0. The van der Waals surface area contributed by atoms with Crippen LogP contribution < -0.4 is 5.32 Å². The van der Waals surface area contributed by atoms with Crippen molar-refractivity contribution in [2.75, 3.05) is 26.4 Å². The SMILES string of the molecule is CCCCCCCCCCCCCCCCCCCCC(=O)OCC(O)COP(=O)(O)OCCNC(=O)CCCCC. The molecule has 3 N–H and O–H groups in total. The van der Waals surface area contributed by atoms with Gasteiger partial charge in [-0.15, -0.1) is 0 Å². The molecule has 10 heteroatoms. The summed E-state index contributed by atoms with van der Waals surface area (Å²) in [6.45, 7) is 3.38. The third kappa shape index (κ3) is 30.5. The number of hydrogen-bond donors (Lipinski definition) is 3. The minimum Gasteiger partial charge on any atom is -0.463 e. The molecule has 2 atom stereocenters. The highest BCUT2D eigenvalue weighted by Crippen LogP contribution is 2.42. The van der Waals surface area contributed by atoms with Crippen LogP contribution in [0.5, 0.6) is 0 Å². The normalized spacial score (nSPS) is 13.5. The third-order valence-electron chi connectivity index (χ3n) is 7.29. The van der Waals surface area contributed by atoms with Gasteiger partial charge >= 0.3 is 13.8 Å². The molecule has 0 heterocycles. The molecular weight excluding hydrogens is 557 g/mol. The zero-order valence-electron chi connectivity index (χ0n) is 27.0. The van der Waals surface area contributed by atoms with Gasteiger partial charge in [-0.25, -0.2) is 4.57 Å². The number of aliphatic hydroxyl groups is 1. The summed E-state index contributed by atoms with van der Waals surface area (Å²) in [5.74, 6) is -0.536. The van der Waals surface area contributed by atoms with Gasteiger partial charge in [-0.3, -0.25) is 18.6 Å². The first kappa shape index (κ1) is 41.0. The van der Waals surface area contributed by atoms with Crippen molar-refractivity contribution >= 4 is 19.7 Å². The second-order valence-electron chi connectivity index (χ2n) is 11.5. The Morgan fingerprint density at radius 1 is 0.643 bits per heavy atom. The van der Waals surface area contributed by atoms with E-state index >= 15 is 0 Å². The molecule has 0 aromatic rings. The monoisotopic (exact) mass is 621 g/mol. The minimum atomic E-state index is -4.38. The number of phosphoric acid groups is 1. The maximum absolute atomic E-state index is 11.9. The van der Waals surface area contributed by atoms with Crippen molar-refractivity contribution in [3.63, 3.8) is 0 Å². The molecule has 0 aliphatic rings. The van der Waals surface area contributed by atoms with Gasteiger partial charge in [0, 0.05) is 19.4 Å². The predicted octanol–water partition coefficient (Wildman–Crippen LogP) is 8.15. The van der Waals surface area contributed by atoms with E-state index in [9.17, 15) is 24.2 Å². The summed E-state index contributed by atoms with van der Waals surface area (Å²) in [4.78, 5) is 33.2. The Hall–Kier alpha value is -0.990. The van der Waals surface area contributed by atoms with Crippen molar-refractivity contribution in [1.82, 2.24) is 5.32 Å². The maximum atomic E-state index is 11.9.